The van der Waals surface area contributed by atoms with Crippen molar-refractivity contribution < 1.29 is 9.53 Å². The molecule has 2 rings (SSSR count). The molecular formula is C17H30N2O2SSi. The lowest BCUT2D eigenvalue weighted by Crippen LogP contribution is -2.43. The Hall–Kier alpha value is -0.593. The SMILES string of the molecule is CSc1ncc(O)c(C(O[Si](C)(C)C(C)(C)C)C2CCCC2)n1. The van der Waals surface area contributed by atoms with Gasteiger partial charge in [0.1, 0.15) is 5.69 Å². The van der Waals surface area contributed by atoms with Gasteiger partial charge in [-0.2, -0.15) is 0 Å². The minimum Gasteiger partial charge on any atom is -0.504 e. The normalized spacial score (nSPS) is 18.3. The van der Waals surface area contributed by atoms with E-state index in [-0.39, 0.29) is 16.9 Å². The molecule has 1 saturated carbocycles. The van der Waals surface area contributed by atoms with Crippen LogP contribution in [0.25, 0.3) is 0 Å². The molecule has 0 radical (unpaired) electrons. The predicted molar refractivity (Wildman–Crippen MR) is 98.5 cm³/mol. The molecule has 1 aromatic heterocycles. The van der Waals surface area contributed by atoms with E-state index in [0.717, 1.165) is 12.8 Å². The van der Waals surface area contributed by atoms with E-state index in [0.29, 0.717) is 16.8 Å². The summed E-state index contributed by atoms with van der Waals surface area (Å²) in [4.78, 5) is 8.77. The van der Waals surface area contributed by atoms with E-state index in [1.807, 2.05) is 6.26 Å². The van der Waals surface area contributed by atoms with Crippen LogP contribution in [0.15, 0.2) is 11.4 Å². The quantitative estimate of drug-likeness (QED) is 0.450. The van der Waals surface area contributed by atoms with Crippen LogP contribution in [-0.4, -0.2) is 29.6 Å². The van der Waals surface area contributed by atoms with Crippen LogP contribution < -0.4 is 0 Å². The summed E-state index contributed by atoms with van der Waals surface area (Å²) in [6, 6.07) is 0. The summed E-state index contributed by atoms with van der Waals surface area (Å²) < 4.78 is 6.73. The van der Waals surface area contributed by atoms with E-state index >= 15 is 0 Å². The van der Waals surface area contributed by atoms with Crippen LogP contribution in [0.5, 0.6) is 5.75 Å². The number of hydrogen-bond acceptors (Lipinski definition) is 5. The molecule has 1 N–H and O–H groups in total. The van der Waals surface area contributed by atoms with Gasteiger partial charge in [0.05, 0.1) is 12.3 Å². The third kappa shape index (κ3) is 4.28. The van der Waals surface area contributed by atoms with Gasteiger partial charge >= 0.3 is 0 Å². The summed E-state index contributed by atoms with van der Waals surface area (Å²) in [5, 5.41) is 11.2. The average molecular weight is 355 g/mol. The second-order valence-electron chi connectivity index (χ2n) is 7.97. The molecular weight excluding hydrogens is 324 g/mol. The fourth-order valence-electron chi connectivity index (χ4n) is 2.81. The van der Waals surface area contributed by atoms with Gasteiger partial charge in [-0.3, -0.25) is 0 Å². The molecule has 0 spiro atoms. The first kappa shape index (κ1) is 18.7. The summed E-state index contributed by atoms with van der Waals surface area (Å²) in [5.41, 5.74) is 0.682. The Bertz CT molecular complexity index is 540. The van der Waals surface area contributed by atoms with Crippen molar-refractivity contribution in [2.24, 2.45) is 5.92 Å². The molecule has 4 nitrogen and oxygen atoms in total. The molecule has 0 aliphatic heterocycles. The smallest absolute Gasteiger partial charge is 0.193 e. The van der Waals surface area contributed by atoms with Crippen LogP contribution in [0.3, 0.4) is 0 Å². The van der Waals surface area contributed by atoms with Crippen LogP contribution in [0.1, 0.15) is 58.3 Å². The van der Waals surface area contributed by atoms with Crippen LogP contribution in [0, 0.1) is 5.92 Å². The van der Waals surface area contributed by atoms with Crippen molar-refractivity contribution in [2.45, 2.75) is 75.8 Å². The highest BCUT2D eigenvalue weighted by atomic mass is 32.2. The van der Waals surface area contributed by atoms with Crippen molar-refractivity contribution in [1.82, 2.24) is 9.97 Å². The number of nitrogens with zero attached hydrogens (tertiary/aromatic N) is 2. The minimum absolute atomic E-state index is 0.118. The fraction of sp³-hybridized carbons (Fsp3) is 0.765. The Balaban J connectivity index is 2.39. The summed E-state index contributed by atoms with van der Waals surface area (Å²) in [7, 11) is -1.95. The van der Waals surface area contributed by atoms with Gasteiger partial charge in [0.15, 0.2) is 19.2 Å². The Kier molecular flexibility index (Phi) is 5.79. The number of rotatable bonds is 5. The fourth-order valence-corrected chi connectivity index (χ4v) is 4.45. The molecule has 1 heterocycles. The van der Waals surface area contributed by atoms with Crippen molar-refractivity contribution in [2.75, 3.05) is 6.26 Å². The Morgan fingerprint density at radius 3 is 2.43 bits per heavy atom. The highest BCUT2D eigenvalue weighted by Crippen LogP contribution is 2.46. The molecule has 0 saturated heterocycles. The zero-order valence-electron chi connectivity index (χ0n) is 15.2. The number of aromatic nitrogens is 2. The number of thioether (sulfide) groups is 1. The lowest BCUT2D eigenvalue weighted by Gasteiger charge is -2.40. The summed E-state index contributed by atoms with van der Waals surface area (Å²) in [5.74, 6) is 0.609. The molecule has 0 aromatic carbocycles. The van der Waals surface area contributed by atoms with E-state index in [4.69, 9.17) is 4.43 Å². The average Bonchev–Trinajstić information content (AvgIpc) is 2.98. The van der Waals surface area contributed by atoms with E-state index in [9.17, 15) is 5.11 Å². The molecule has 1 aromatic rings. The van der Waals surface area contributed by atoms with E-state index in [1.54, 1.807) is 0 Å². The van der Waals surface area contributed by atoms with Crippen molar-refractivity contribution >= 4 is 20.1 Å². The van der Waals surface area contributed by atoms with E-state index in [1.165, 1.54) is 30.8 Å². The first-order valence-electron chi connectivity index (χ1n) is 8.43. The minimum atomic E-state index is -1.95. The monoisotopic (exact) mass is 354 g/mol. The summed E-state index contributed by atoms with van der Waals surface area (Å²) >= 11 is 1.50. The maximum absolute atomic E-state index is 10.4. The molecule has 6 heteroatoms. The molecule has 130 valence electrons. The van der Waals surface area contributed by atoms with Gasteiger partial charge in [0, 0.05) is 0 Å². The highest BCUT2D eigenvalue weighted by molar-refractivity contribution is 7.98. The lowest BCUT2D eigenvalue weighted by atomic mass is 9.98. The van der Waals surface area contributed by atoms with Crippen molar-refractivity contribution in [3.05, 3.63) is 11.9 Å². The zero-order valence-corrected chi connectivity index (χ0v) is 17.0. The molecule has 1 aliphatic rings. The lowest BCUT2D eigenvalue weighted by molar-refractivity contribution is 0.112. The molecule has 1 atom stereocenters. The third-order valence-electron chi connectivity index (χ3n) is 5.28. The summed E-state index contributed by atoms with van der Waals surface area (Å²) in [6.07, 6.45) is 8.13. The maximum Gasteiger partial charge on any atom is 0.193 e. The van der Waals surface area contributed by atoms with Crippen molar-refractivity contribution in [1.29, 1.82) is 0 Å². The summed E-state index contributed by atoms with van der Waals surface area (Å²) in [6.45, 7) is 11.3. The van der Waals surface area contributed by atoms with Crippen molar-refractivity contribution in [3.63, 3.8) is 0 Å². The van der Waals surface area contributed by atoms with Gasteiger partial charge in [-0.1, -0.05) is 45.4 Å². The van der Waals surface area contributed by atoms with Gasteiger partial charge in [-0.15, -0.1) is 0 Å². The van der Waals surface area contributed by atoms with Gasteiger partial charge in [0.25, 0.3) is 0 Å². The second-order valence-corrected chi connectivity index (χ2v) is 13.5. The van der Waals surface area contributed by atoms with Gasteiger partial charge in [0.2, 0.25) is 0 Å². The standard InChI is InChI=1S/C17H30N2O2SSi/c1-17(2,3)23(5,6)21-15(12-9-7-8-10-12)14-13(20)11-18-16(19-14)22-4/h11-12,15,20H,7-10H2,1-6H3. The first-order chi connectivity index (χ1) is 10.7. The zero-order chi connectivity index (χ0) is 17.3. The van der Waals surface area contributed by atoms with E-state index < -0.39 is 8.32 Å². The molecule has 0 amide bonds. The largest absolute Gasteiger partial charge is 0.504 e. The van der Waals surface area contributed by atoms with Gasteiger partial charge in [-0.05, 0) is 43.1 Å². The van der Waals surface area contributed by atoms with Crippen LogP contribution >= 0.6 is 11.8 Å². The van der Waals surface area contributed by atoms with Crippen LogP contribution in [0.4, 0.5) is 0 Å². The molecule has 23 heavy (non-hydrogen) atoms. The first-order valence-corrected chi connectivity index (χ1v) is 12.6. The van der Waals surface area contributed by atoms with Crippen LogP contribution in [0.2, 0.25) is 18.1 Å². The third-order valence-corrected chi connectivity index (χ3v) is 10.3. The van der Waals surface area contributed by atoms with Crippen molar-refractivity contribution in [3.8, 4) is 5.75 Å². The topological polar surface area (TPSA) is 55.2 Å². The predicted octanol–water partition coefficient (Wildman–Crippen LogP) is 5.16. The van der Waals surface area contributed by atoms with Crippen LogP contribution in [-0.2, 0) is 4.43 Å². The highest BCUT2D eigenvalue weighted by Gasteiger charge is 2.42. The van der Waals surface area contributed by atoms with Gasteiger partial charge in [-0.25, -0.2) is 9.97 Å². The second kappa shape index (κ2) is 7.11. The molecule has 1 unspecified atom stereocenters. The maximum atomic E-state index is 10.4. The molecule has 0 bridgehead atoms. The van der Waals surface area contributed by atoms with E-state index in [2.05, 4.69) is 43.8 Å². The van der Waals surface area contributed by atoms with Gasteiger partial charge < -0.3 is 9.53 Å². The Morgan fingerprint density at radius 2 is 1.91 bits per heavy atom. The number of aromatic hydroxyl groups is 1. The Morgan fingerprint density at radius 1 is 1.30 bits per heavy atom. The molecule has 1 aliphatic carbocycles. The Labute approximate surface area is 145 Å². The molecule has 1 fully saturated rings. The number of hydrogen-bond donors (Lipinski definition) is 1.